The Morgan fingerprint density at radius 3 is 2.80 bits per heavy atom. The standard InChI is InChI=1S/C15H19ClN2O2/c1-4-8-18-14(13(20-3)10-17-18)15(2,19)11-6-5-7-12(16)9-11/h5-7,9-10,19H,4,8H2,1-3H3. The summed E-state index contributed by atoms with van der Waals surface area (Å²) >= 11 is 6.02. The number of aliphatic hydroxyl groups is 1. The van der Waals surface area contributed by atoms with Crippen LogP contribution in [0, 0.1) is 0 Å². The second-order valence-corrected chi connectivity index (χ2v) is 5.30. The first kappa shape index (κ1) is 14.9. The van der Waals surface area contributed by atoms with Crippen molar-refractivity contribution in [2.45, 2.75) is 32.4 Å². The fourth-order valence-corrected chi connectivity index (χ4v) is 2.51. The molecule has 0 aliphatic carbocycles. The lowest BCUT2D eigenvalue weighted by molar-refractivity contribution is 0.0882. The zero-order valence-electron chi connectivity index (χ0n) is 11.9. The van der Waals surface area contributed by atoms with Gasteiger partial charge in [0.1, 0.15) is 11.3 Å². The van der Waals surface area contributed by atoms with Gasteiger partial charge in [0.15, 0.2) is 5.75 Å². The van der Waals surface area contributed by atoms with Crippen molar-refractivity contribution in [1.82, 2.24) is 9.78 Å². The molecule has 0 aliphatic rings. The molecule has 1 N–H and O–H groups in total. The van der Waals surface area contributed by atoms with Crippen LogP contribution >= 0.6 is 11.6 Å². The van der Waals surface area contributed by atoms with Crippen molar-refractivity contribution in [2.24, 2.45) is 0 Å². The van der Waals surface area contributed by atoms with Crippen LogP contribution in [0.15, 0.2) is 30.5 Å². The van der Waals surface area contributed by atoms with Gasteiger partial charge in [0.25, 0.3) is 0 Å². The molecule has 20 heavy (non-hydrogen) atoms. The third-order valence-corrected chi connectivity index (χ3v) is 3.54. The number of halogens is 1. The minimum absolute atomic E-state index is 0.573. The van der Waals surface area contributed by atoms with E-state index in [1.54, 1.807) is 37.0 Å². The van der Waals surface area contributed by atoms with Crippen LogP contribution in [-0.4, -0.2) is 22.0 Å². The highest BCUT2D eigenvalue weighted by Gasteiger charge is 2.33. The molecular weight excluding hydrogens is 276 g/mol. The molecule has 0 amide bonds. The van der Waals surface area contributed by atoms with Gasteiger partial charge in [-0.2, -0.15) is 5.10 Å². The Kier molecular flexibility index (Phi) is 4.35. The van der Waals surface area contributed by atoms with Gasteiger partial charge >= 0.3 is 0 Å². The summed E-state index contributed by atoms with van der Waals surface area (Å²) < 4.78 is 7.11. The van der Waals surface area contributed by atoms with Gasteiger partial charge in [-0.25, -0.2) is 0 Å². The van der Waals surface area contributed by atoms with Gasteiger partial charge < -0.3 is 9.84 Å². The molecule has 2 rings (SSSR count). The highest BCUT2D eigenvalue weighted by molar-refractivity contribution is 6.30. The number of ether oxygens (including phenoxy) is 1. The molecule has 1 aromatic carbocycles. The molecule has 0 bridgehead atoms. The summed E-state index contributed by atoms with van der Waals surface area (Å²) in [4.78, 5) is 0. The van der Waals surface area contributed by atoms with Crippen molar-refractivity contribution in [2.75, 3.05) is 7.11 Å². The van der Waals surface area contributed by atoms with Crippen LogP contribution < -0.4 is 4.74 Å². The van der Waals surface area contributed by atoms with E-state index in [4.69, 9.17) is 16.3 Å². The highest BCUT2D eigenvalue weighted by Crippen LogP contribution is 2.36. The molecule has 5 heteroatoms. The highest BCUT2D eigenvalue weighted by atomic mass is 35.5. The first-order valence-corrected chi connectivity index (χ1v) is 6.97. The first-order valence-electron chi connectivity index (χ1n) is 6.59. The zero-order valence-corrected chi connectivity index (χ0v) is 12.7. The Hall–Kier alpha value is -1.52. The minimum atomic E-state index is -1.22. The summed E-state index contributed by atoms with van der Waals surface area (Å²) in [5.41, 5.74) is 0.132. The fraction of sp³-hybridized carbons (Fsp3) is 0.400. The van der Waals surface area contributed by atoms with E-state index in [2.05, 4.69) is 12.0 Å². The quantitative estimate of drug-likeness (QED) is 0.921. The van der Waals surface area contributed by atoms with E-state index >= 15 is 0 Å². The summed E-state index contributed by atoms with van der Waals surface area (Å²) in [5.74, 6) is 0.573. The van der Waals surface area contributed by atoms with E-state index in [1.165, 1.54) is 0 Å². The molecule has 0 spiro atoms. The van der Waals surface area contributed by atoms with Crippen LogP contribution in [0.4, 0.5) is 0 Å². The molecule has 0 aliphatic heterocycles. The van der Waals surface area contributed by atoms with Crippen molar-refractivity contribution >= 4 is 11.6 Å². The van der Waals surface area contributed by atoms with Gasteiger partial charge in [-0.1, -0.05) is 30.7 Å². The van der Waals surface area contributed by atoms with Crippen molar-refractivity contribution in [1.29, 1.82) is 0 Å². The summed E-state index contributed by atoms with van der Waals surface area (Å²) in [6.07, 6.45) is 2.55. The Labute approximate surface area is 123 Å². The fourth-order valence-electron chi connectivity index (χ4n) is 2.32. The summed E-state index contributed by atoms with van der Waals surface area (Å²) in [6, 6.07) is 7.19. The van der Waals surface area contributed by atoms with Gasteiger partial charge in [-0.3, -0.25) is 4.68 Å². The van der Waals surface area contributed by atoms with Crippen LogP contribution in [0.25, 0.3) is 0 Å². The van der Waals surface area contributed by atoms with Gasteiger partial charge in [0, 0.05) is 11.6 Å². The molecule has 1 aromatic heterocycles. The number of rotatable bonds is 5. The molecule has 4 nitrogen and oxygen atoms in total. The van der Waals surface area contributed by atoms with E-state index in [-0.39, 0.29) is 0 Å². The Morgan fingerprint density at radius 1 is 1.45 bits per heavy atom. The molecule has 1 unspecified atom stereocenters. The maximum Gasteiger partial charge on any atom is 0.163 e. The van der Waals surface area contributed by atoms with Gasteiger partial charge in [-0.05, 0) is 31.0 Å². The number of aromatic nitrogens is 2. The minimum Gasteiger partial charge on any atom is -0.493 e. The zero-order chi connectivity index (χ0) is 14.8. The van der Waals surface area contributed by atoms with Crippen LogP contribution in [0.1, 0.15) is 31.5 Å². The number of nitrogens with zero attached hydrogens (tertiary/aromatic N) is 2. The Bertz CT molecular complexity index is 593. The first-order chi connectivity index (χ1) is 9.50. The molecule has 0 fully saturated rings. The number of benzene rings is 1. The lowest BCUT2D eigenvalue weighted by atomic mass is 9.92. The maximum atomic E-state index is 11.0. The third kappa shape index (κ3) is 2.67. The predicted octanol–water partition coefficient (Wildman–Crippen LogP) is 3.21. The molecule has 0 radical (unpaired) electrons. The van der Waals surface area contributed by atoms with Crippen molar-refractivity contribution in [3.63, 3.8) is 0 Å². The molecular formula is C15H19ClN2O2. The molecule has 1 heterocycles. The topological polar surface area (TPSA) is 47.3 Å². The van der Waals surface area contributed by atoms with Gasteiger partial charge in [0.05, 0.1) is 13.3 Å². The van der Waals surface area contributed by atoms with Gasteiger partial charge in [-0.15, -0.1) is 0 Å². The van der Waals surface area contributed by atoms with Crippen molar-refractivity contribution in [3.05, 3.63) is 46.7 Å². The Balaban J connectivity index is 2.55. The van der Waals surface area contributed by atoms with Crippen LogP contribution in [0.3, 0.4) is 0 Å². The summed E-state index contributed by atoms with van der Waals surface area (Å²) in [6.45, 7) is 4.51. The van der Waals surface area contributed by atoms with Crippen molar-refractivity contribution < 1.29 is 9.84 Å². The van der Waals surface area contributed by atoms with Crippen LogP contribution in [0.5, 0.6) is 5.75 Å². The SMILES string of the molecule is CCCn1ncc(OC)c1C(C)(O)c1cccc(Cl)c1. The third-order valence-electron chi connectivity index (χ3n) is 3.31. The number of hydrogen-bond donors (Lipinski definition) is 1. The maximum absolute atomic E-state index is 11.0. The largest absolute Gasteiger partial charge is 0.493 e. The van der Waals surface area contributed by atoms with E-state index in [0.29, 0.717) is 22.0 Å². The number of aryl methyl sites for hydroxylation is 1. The monoisotopic (exact) mass is 294 g/mol. The van der Waals surface area contributed by atoms with Gasteiger partial charge in [0.2, 0.25) is 0 Å². The molecule has 0 saturated heterocycles. The normalized spacial score (nSPS) is 14.1. The number of methoxy groups -OCH3 is 1. The molecule has 2 aromatic rings. The molecule has 1 atom stereocenters. The average Bonchev–Trinajstić information content (AvgIpc) is 2.83. The molecule has 108 valence electrons. The van der Waals surface area contributed by atoms with Crippen LogP contribution in [-0.2, 0) is 12.1 Å². The summed E-state index contributed by atoms with van der Waals surface area (Å²) in [5, 5.41) is 15.9. The second-order valence-electron chi connectivity index (χ2n) is 4.87. The lowest BCUT2D eigenvalue weighted by Crippen LogP contribution is -2.27. The van der Waals surface area contributed by atoms with E-state index in [0.717, 1.165) is 13.0 Å². The lowest BCUT2D eigenvalue weighted by Gasteiger charge is -2.26. The van der Waals surface area contributed by atoms with Crippen LogP contribution in [0.2, 0.25) is 5.02 Å². The summed E-state index contributed by atoms with van der Waals surface area (Å²) in [7, 11) is 1.57. The van der Waals surface area contributed by atoms with E-state index in [9.17, 15) is 5.11 Å². The predicted molar refractivity (Wildman–Crippen MR) is 79.2 cm³/mol. The van der Waals surface area contributed by atoms with Crippen molar-refractivity contribution in [3.8, 4) is 5.75 Å². The Morgan fingerprint density at radius 2 is 2.20 bits per heavy atom. The van der Waals surface area contributed by atoms with E-state index in [1.807, 2.05) is 12.1 Å². The number of hydrogen-bond acceptors (Lipinski definition) is 3. The second kappa shape index (κ2) is 5.85. The van der Waals surface area contributed by atoms with E-state index < -0.39 is 5.60 Å². The smallest absolute Gasteiger partial charge is 0.163 e. The molecule has 0 saturated carbocycles. The average molecular weight is 295 g/mol.